The molecule has 0 radical (unpaired) electrons. The van der Waals surface area contributed by atoms with Crippen LogP contribution in [0.3, 0.4) is 0 Å². The maximum Gasteiger partial charge on any atom is 0.241 e. The first-order chi connectivity index (χ1) is 12.6. The van der Waals surface area contributed by atoms with Crippen LogP contribution < -0.4 is 4.90 Å². The number of benzene rings is 1. The number of likely N-dealkylation sites (tertiary alicyclic amines) is 1. The number of fused-ring (bicyclic) bond motifs is 1. The lowest BCUT2D eigenvalue weighted by Crippen LogP contribution is -2.39. The third-order valence-electron chi connectivity index (χ3n) is 5.42. The minimum atomic E-state index is 0.155. The summed E-state index contributed by atoms with van der Waals surface area (Å²) in [6.45, 7) is 7.30. The van der Waals surface area contributed by atoms with Crippen molar-refractivity contribution < 1.29 is 14.1 Å². The molecule has 0 bridgehead atoms. The zero-order valence-electron chi connectivity index (χ0n) is 15.4. The molecular weight excluding hydrogens is 330 g/mol. The summed E-state index contributed by atoms with van der Waals surface area (Å²) in [7, 11) is 0. The number of hydrogen-bond acceptors (Lipinski definition) is 5. The van der Waals surface area contributed by atoms with Gasteiger partial charge >= 0.3 is 0 Å². The second-order valence-corrected chi connectivity index (χ2v) is 7.18. The summed E-state index contributed by atoms with van der Waals surface area (Å²) >= 11 is 0. The number of carbonyl (C=O) groups excluding carboxylic acids is 1. The summed E-state index contributed by atoms with van der Waals surface area (Å²) in [5.74, 6) is 1.00. The predicted octanol–water partition coefficient (Wildman–Crippen LogP) is 2.47. The number of hydrogen-bond donors (Lipinski definition) is 0. The molecule has 1 aromatic heterocycles. The molecule has 1 atom stereocenters. The number of aromatic nitrogens is 1. The second-order valence-electron chi connectivity index (χ2n) is 7.18. The van der Waals surface area contributed by atoms with Crippen LogP contribution in [-0.2, 0) is 22.6 Å². The van der Waals surface area contributed by atoms with Gasteiger partial charge in [-0.05, 0) is 38.3 Å². The average Bonchev–Trinajstić information content (AvgIpc) is 3.33. The smallest absolute Gasteiger partial charge is 0.241 e. The monoisotopic (exact) mass is 355 g/mol. The van der Waals surface area contributed by atoms with E-state index in [0.717, 1.165) is 55.2 Å². The standard InChI is InChI=1S/C20H25N3O3/c1-14-18(15(2)26-21-14)13-25-17-8-9-22(11-17)12-20(24)23-10-7-16-5-3-4-6-19(16)23/h3-6,17H,7-13H2,1-2H3. The third kappa shape index (κ3) is 3.39. The number of rotatable bonds is 5. The van der Waals surface area contributed by atoms with Gasteiger partial charge in [0.1, 0.15) is 5.76 Å². The molecule has 1 fully saturated rings. The van der Waals surface area contributed by atoms with Crippen LogP contribution in [0.1, 0.15) is 29.0 Å². The molecule has 6 nitrogen and oxygen atoms in total. The van der Waals surface area contributed by atoms with Gasteiger partial charge < -0.3 is 14.2 Å². The highest BCUT2D eigenvalue weighted by atomic mass is 16.5. The molecule has 2 aliphatic heterocycles. The molecule has 0 aliphatic carbocycles. The topological polar surface area (TPSA) is 58.8 Å². The Morgan fingerprint density at radius 2 is 2.15 bits per heavy atom. The van der Waals surface area contributed by atoms with E-state index in [2.05, 4.69) is 16.1 Å². The Morgan fingerprint density at radius 1 is 1.31 bits per heavy atom. The minimum Gasteiger partial charge on any atom is -0.372 e. The summed E-state index contributed by atoms with van der Waals surface area (Å²) in [6.07, 6.45) is 2.06. The van der Waals surface area contributed by atoms with Crippen molar-refractivity contribution in [2.45, 2.75) is 39.4 Å². The van der Waals surface area contributed by atoms with E-state index >= 15 is 0 Å². The van der Waals surface area contributed by atoms with E-state index in [4.69, 9.17) is 9.26 Å². The van der Waals surface area contributed by atoms with E-state index in [1.807, 2.05) is 36.9 Å². The SMILES string of the molecule is Cc1noc(C)c1COC1CCN(CC(=O)N2CCc3ccccc32)C1. The Kier molecular flexibility index (Phi) is 4.78. The van der Waals surface area contributed by atoms with Crippen LogP contribution in [-0.4, -0.2) is 48.2 Å². The highest BCUT2D eigenvalue weighted by Crippen LogP contribution is 2.28. The van der Waals surface area contributed by atoms with Gasteiger partial charge in [0, 0.05) is 30.9 Å². The molecule has 1 aromatic carbocycles. The molecule has 0 spiro atoms. The lowest BCUT2D eigenvalue weighted by atomic mass is 10.2. The van der Waals surface area contributed by atoms with E-state index in [0.29, 0.717) is 13.2 Å². The zero-order chi connectivity index (χ0) is 18.1. The van der Waals surface area contributed by atoms with Gasteiger partial charge in [0.15, 0.2) is 0 Å². The van der Waals surface area contributed by atoms with Crippen LogP contribution in [0.25, 0.3) is 0 Å². The van der Waals surface area contributed by atoms with Crippen molar-refractivity contribution in [1.29, 1.82) is 0 Å². The molecular formula is C20H25N3O3. The minimum absolute atomic E-state index is 0.155. The Balaban J connectivity index is 1.29. The highest BCUT2D eigenvalue weighted by molar-refractivity contribution is 5.96. The number of ether oxygens (including phenoxy) is 1. The number of amides is 1. The summed E-state index contributed by atoms with van der Waals surface area (Å²) < 4.78 is 11.2. The summed E-state index contributed by atoms with van der Waals surface area (Å²) in [5.41, 5.74) is 4.26. The number of para-hydroxylation sites is 1. The third-order valence-corrected chi connectivity index (χ3v) is 5.42. The van der Waals surface area contributed by atoms with Gasteiger partial charge in [-0.3, -0.25) is 9.69 Å². The molecule has 2 aliphatic rings. The van der Waals surface area contributed by atoms with Gasteiger partial charge in [-0.15, -0.1) is 0 Å². The Labute approximate surface area is 153 Å². The van der Waals surface area contributed by atoms with Crippen molar-refractivity contribution in [3.63, 3.8) is 0 Å². The molecule has 1 amide bonds. The largest absolute Gasteiger partial charge is 0.372 e. The number of carbonyl (C=O) groups is 1. The van der Waals surface area contributed by atoms with Crippen molar-refractivity contribution >= 4 is 11.6 Å². The van der Waals surface area contributed by atoms with Crippen molar-refractivity contribution in [2.24, 2.45) is 0 Å². The number of nitrogens with zero attached hydrogens (tertiary/aromatic N) is 3. The van der Waals surface area contributed by atoms with E-state index in [1.165, 1.54) is 5.56 Å². The first-order valence-electron chi connectivity index (χ1n) is 9.26. The van der Waals surface area contributed by atoms with Gasteiger partial charge in [0.05, 0.1) is 24.9 Å². The molecule has 0 saturated carbocycles. The van der Waals surface area contributed by atoms with Crippen molar-refractivity contribution in [2.75, 3.05) is 31.1 Å². The van der Waals surface area contributed by atoms with Crippen molar-refractivity contribution in [3.8, 4) is 0 Å². The Morgan fingerprint density at radius 3 is 2.96 bits per heavy atom. The molecule has 2 aromatic rings. The predicted molar refractivity (Wildman–Crippen MR) is 98.1 cm³/mol. The van der Waals surface area contributed by atoms with Gasteiger partial charge in [0.25, 0.3) is 0 Å². The summed E-state index contributed by atoms with van der Waals surface area (Å²) in [6, 6.07) is 8.18. The fourth-order valence-corrected chi connectivity index (χ4v) is 3.86. The normalized spacial score (nSPS) is 19.9. The molecule has 3 heterocycles. The van der Waals surface area contributed by atoms with Crippen LogP contribution in [0.15, 0.2) is 28.8 Å². The molecule has 1 saturated heterocycles. The van der Waals surface area contributed by atoms with Crippen LogP contribution in [0.4, 0.5) is 5.69 Å². The summed E-state index contributed by atoms with van der Waals surface area (Å²) in [4.78, 5) is 16.8. The van der Waals surface area contributed by atoms with Gasteiger partial charge in [-0.1, -0.05) is 23.4 Å². The fraction of sp³-hybridized carbons (Fsp3) is 0.500. The van der Waals surface area contributed by atoms with Crippen LogP contribution in [0, 0.1) is 13.8 Å². The zero-order valence-corrected chi connectivity index (χ0v) is 15.4. The average molecular weight is 355 g/mol. The fourth-order valence-electron chi connectivity index (χ4n) is 3.86. The molecule has 138 valence electrons. The first-order valence-corrected chi connectivity index (χ1v) is 9.26. The molecule has 6 heteroatoms. The molecule has 1 unspecified atom stereocenters. The lowest BCUT2D eigenvalue weighted by Gasteiger charge is -2.22. The van der Waals surface area contributed by atoms with Gasteiger partial charge in [-0.25, -0.2) is 0 Å². The van der Waals surface area contributed by atoms with Crippen LogP contribution >= 0.6 is 0 Å². The Hall–Kier alpha value is -2.18. The first kappa shape index (κ1) is 17.2. The molecule has 0 N–H and O–H groups in total. The van der Waals surface area contributed by atoms with Crippen molar-refractivity contribution in [3.05, 3.63) is 46.8 Å². The van der Waals surface area contributed by atoms with Crippen LogP contribution in [0.5, 0.6) is 0 Å². The van der Waals surface area contributed by atoms with Crippen LogP contribution in [0.2, 0.25) is 0 Å². The van der Waals surface area contributed by atoms with E-state index in [9.17, 15) is 4.79 Å². The Bertz CT molecular complexity index is 782. The lowest BCUT2D eigenvalue weighted by molar-refractivity contribution is -0.119. The van der Waals surface area contributed by atoms with Gasteiger partial charge in [0.2, 0.25) is 5.91 Å². The van der Waals surface area contributed by atoms with Gasteiger partial charge in [-0.2, -0.15) is 0 Å². The van der Waals surface area contributed by atoms with E-state index in [1.54, 1.807) is 0 Å². The number of aryl methyl sites for hydroxylation is 2. The number of anilines is 1. The van der Waals surface area contributed by atoms with E-state index < -0.39 is 0 Å². The summed E-state index contributed by atoms with van der Waals surface area (Å²) in [5, 5.41) is 3.96. The van der Waals surface area contributed by atoms with E-state index in [-0.39, 0.29) is 12.0 Å². The maximum atomic E-state index is 12.7. The molecule has 26 heavy (non-hydrogen) atoms. The van der Waals surface area contributed by atoms with Crippen molar-refractivity contribution in [1.82, 2.24) is 10.1 Å². The molecule has 4 rings (SSSR count). The maximum absolute atomic E-state index is 12.7. The quantitative estimate of drug-likeness (QED) is 0.825. The second kappa shape index (κ2) is 7.21. The highest BCUT2D eigenvalue weighted by Gasteiger charge is 2.29.